The molecule has 0 bridgehead atoms. The molecule has 1 aliphatic rings. The Morgan fingerprint density at radius 3 is 3.10 bits per heavy atom. The molecule has 104 valence electrons. The predicted molar refractivity (Wildman–Crippen MR) is 81.4 cm³/mol. The van der Waals surface area contributed by atoms with Gasteiger partial charge in [-0.05, 0) is 31.0 Å². The smallest absolute Gasteiger partial charge is 0.225 e. The monoisotopic (exact) mass is 334 g/mol. The minimum atomic E-state index is -0.237. The quantitative estimate of drug-likeness (QED) is 0.912. The Bertz CT molecular complexity index is 661. The van der Waals surface area contributed by atoms with Gasteiger partial charge in [-0.3, -0.25) is 4.79 Å². The van der Waals surface area contributed by atoms with Crippen LogP contribution in [0, 0.1) is 5.92 Å². The van der Waals surface area contributed by atoms with Gasteiger partial charge >= 0.3 is 0 Å². The highest BCUT2D eigenvalue weighted by Crippen LogP contribution is 2.23. The van der Waals surface area contributed by atoms with Crippen LogP contribution in [0.4, 0.5) is 5.95 Å². The number of nitrogens with zero attached hydrogens (tertiary/aromatic N) is 3. The summed E-state index contributed by atoms with van der Waals surface area (Å²) < 4.78 is 1.01. The number of hydrogen-bond acceptors (Lipinski definition) is 4. The van der Waals surface area contributed by atoms with Gasteiger partial charge in [0.05, 0.1) is 11.4 Å². The molecule has 2 N–H and O–H groups in total. The number of rotatable bonds is 2. The van der Waals surface area contributed by atoms with E-state index in [4.69, 9.17) is 5.73 Å². The molecule has 0 saturated carbocycles. The van der Waals surface area contributed by atoms with Crippen molar-refractivity contribution in [3.05, 3.63) is 28.9 Å². The first-order valence-corrected chi connectivity index (χ1v) is 7.39. The highest BCUT2D eigenvalue weighted by molar-refractivity contribution is 9.10. The molecule has 3 rings (SSSR count). The minimum Gasteiger partial charge on any atom is -0.369 e. The number of halogens is 1. The summed E-state index contributed by atoms with van der Waals surface area (Å²) in [5.41, 5.74) is 6.31. The number of hydrogen-bond donors (Lipinski definition) is 1. The lowest BCUT2D eigenvalue weighted by Gasteiger charge is -2.31. The van der Waals surface area contributed by atoms with Crippen LogP contribution in [-0.4, -0.2) is 29.0 Å². The number of amides is 1. The van der Waals surface area contributed by atoms with Crippen LogP contribution in [-0.2, 0) is 4.79 Å². The third-order valence-electron chi connectivity index (χ3n) is 3.64. The van der Waals surface area contributed by atoms with Crippen molar-refractivity contribution >= 4 is 38.7 Å². The Morgan fingerprint density at radius 1 is 1.45 bits per heavy atom. The number of fused-ring (bicyclic) bond motifs is 1. The summed E-state index contributed by atoms with van der Waals surface area (Å²) >= 11 is 3.43. The molecular weight excluding hydrogens is 320 g/mol. The molecule has 1 aliphatic heterocycles. The van der Waals surface area contributed by atoms with Gasteiger partial charge < -0.3 is 10.6 Å². The van der Waals surface area contributed by atoms with Crippen molar-refractivity contribution in [1.29, 1.82) is 0 Å². The van der Waals surface area contributed by atoms with E-state index in [9.17, 15) is 4.79 Å². The second-order valence-electron chi connectivity index (χ2n) is 5.06. The third-order valence-corrected chi connectivity index (χ3v) is 4.13. The maximum absolute atomic E-state index is 11.3. The van der Waals surface area contributed by atoms with E-state index >= 15 is 0 Å². The highest BCUT2D eigenvalue weighted by atomic mass is 79.9. The molecule has 1 aromatic heterocycles. The molecule has 1 saturated heterocycles. The van der Waals surface area contributed by atoms with Gasteiger partial charge in [0, 0.05) is 29.1 Å². The summed E-state index contributed by atoms with van der Waals surface area (Å²) in [5.74, 6) is 0.332. The van der Waals surface area contributed by atoms with E-state index in [1.165, 1.54) is 0 Å². The van der Waals surface area contributed by atoms with Gasteiger partial charge in [0.2, 0.25) is 11.9 Å². The van der Waals surface area contributed by atoms with Crippen molar-refractivity contribution in [1.82, 2.24) is 9.97 Å². The number of benzene rings is 1. The molecule has 20 heavy (non-hydrogen) atoms. The maximum atomic E-state index is 11.3. The summed E-state index contributed by atoms with van der Waals surface area (Å²) in [6.45, 7) is 1.48. The van der Waals surface area contributed by atoms with Gasteiger partial charge in [-0.2, -0.15) is 0 Å². The second kappa shape index (κ2) is 5.36. The fourth-order valence-corrected chi connectivity index (χ4v) is 2.92. The third kappa shape index (κ3) is 2.60. The average molecular weight is 335 g/mol. The average Bonchev–Trinajstić information content (AvgIpc) is 2.47. The molecule has 0 spiro atoms. The number of anilines is 1. The zero-order valence-corrected chi connectivity index (χ0v) is 12.5. The van der Waals surface area contributed by atoms with Crippen LogP contribution in [0.2, 0.25) is 0 Å². The van der Waals surface area contributed by atoms with Gasteiger partial charge in [0.1, 0.15) is 0 Å². The molecule has 1 atom stereocenters. The van der Waals surface area contributed by atoms with E-state index in [1.54, 1.807) is 0 Å². The van der Waals surface area contributed by atoms with Crippen LogP contribution in [0.3, 0.4) is 0 Å². The Balaban J connectivity index is 1.90. The van der Waals surface area contributed by atoms with E-state index in [0.717, 1.165) is 34.8 Å². The summed E-state index contributed by atoms with van der Waals surface area (Å²) in [4.78, 5) is 22.4. The first-order chi connectivity index (χ1) is 9.63. The Labute approximate surface area is 125 Å². The molecule has 1 amide bonds. The summed E-state index contributed by atoms with van der Waals surface area (Å²) in [6.07, 6.45) is 3.61. The first kappa shape index (κ1) is 13.3. The molecule has 1 aromatic carbocycles. The SMILES string of the molecule is NC(=O)C1CCCN(c2ncc3cc(Br)ccc3n2)C1. The zero-order valence-electron chi connectivity index (χ0n) is 10.9. The van der Waals surface area contributed by atoms with E-state index in [1.807, 2.05) is 29.3 Å². The lowest BCUT2D eigenvalue weighted by Crippen LogP contribution is -2.41. The second-order valence-corrected chi connectivity index (χ2v) is 5.98. The van der Waals surface area contributed by atoms with Gasteiger partial charge in [-0.1, -0.05) is 15.9 Å². The number of carbonyl (C=O) groups is 1. The van der Waals surface area contributed by atoms with Gasteiger partial charge in [0.15, 0.2) is 0 Å². The molecule has 0 aliphatic carbocycles. The highest BCUT2D eigenvalue weighted by Gasteiger charge is 2.25. The van der Waals surface area contributed by atoms with E-state index in [2.05, 4.69) is 25.9 Å². The molecule has 5 nitrogen and oxygen atoms in total. The fourth-order valence-electron chi connectivity index (χ4n) is 2.54. The molecule has 6 heteroatoms. The molecular formula is C14H15BrN4O. The predicted octanol–water partition coefficient (Wildman–Crippen LogP) is 2.09. The Morgan fingerprint density at radius 2 is 2.30 bits per heavy atom. The number of nitrogens with two attached hydrogens (primary N) is 1. The van der Waals surface area contributed by atoms with E-state index < -0.39 is 0 Å². The standard InChI is InChI=1S/C14H15BrN4O/c15-11-3-4-12-10(6-11)7-17-14(18-12)19-5-1-2-9(8-19)13(16)20/h3-4,6-7,9H,1-2,5,8H2,(H2,16,20). The Kier molecular flexibility index (Phi) is 3.56. The van der Waals surface area contributed by atoms with Crippen LogP contribution in [0.25, 0.3) is 10.9 Å². The summed E-state index contributed by atoms with van der Waals surface area (Å²) in [6, 6.07) is 5.91. The van der Waals surface area contributed by atoms with Crippen LogP contribution in [0.15, 0.2) is 28.9 Å². The van der Waals surface area contributed by atoms with Crippen molar-refractivity contribution in [2.75, 3.05) is 18.0 Å². The fraction of sp³-hybridized carbons (Fsp3) is 0.357. The molecule has 2 heterocycles. The number of primary amides is 1. The molecule has 1 unspecified atom stereocenters. The molecule has 2 aromatic rings. The van der Waals surface area contributed by atoms with Crippen molar-refractivity contribution in [3.8, 4) is 0 Å². The van der Waals surface area contributed by atoms with Crippen LogP contribution in [0.5, 0.6) is 0 Å². The lowest BCUT2D eigenvalue weighted by atomic mass is 9.98. The lowest BCUT2D eigenvalue weighted by molar-refractivity contribution is -0.122. The van der Waals surface area contributed by atoms with Crippen molar-refractivity contribution < 1.29 is 4.79 Å². The van der Waals surface area contributed by atoms with Gasteiger partial charge in [-0.15, -0.1) is 0 Å². The number of carbonyl (C=O) groups excluding carboxylic acids is 1. The van der Waals surface area contributed by atoms with Crippen molar-refractivity contribution in [2.45, 2.75) is 12.8 Å². The van der Waals surface area contributed by atoms with E-state index in [-0.39, 0.29) is 11.8 Å². The van der Waals surface area contributed by atoms with Crippen LogP contribution >= 0.6 is 15.9 Å². The number of piperidine rings is 1. The maximum Gasteiger partial charge on any atom is 0.225 e. The van der Waals surface area contributed by atoms with Gasteiger partial charge in [0.25, 0.3) is 0 Å². The first-order valence-electron chi connectivity index (χ1n) is 6.60. The minimum absolute atomic E-state index is 0.104. The van der Waals surface area contributed by atoms with Crippen molar-refractivity contribution in [3.63, 3.8) is 0 Å². The summed E-state index contributed by atoms with van der Waals surface area (Å²) in [5, 5.41) is 0.992. The zero-order chi connectivity index (χ0) is 14.1. The number of aromatic nitrogens is 2. The Hall–Kier alpha value is -1.69. The van der Waals surface area contributed by atoms with Crippen LogP contribution < -0.4 is 10.6 Å². The largest absolute Gasteiger partial charge is 0.369 e. The summed E-state index contributed by atoms with van der Waals surface area (Å²) in [7, 11) is 0. The van der Waals surface area contributed by atoms with E-state index in [0.29, 0.717) is 12.5 Å². The van der Waals surface area contributed by atoms with Crippen molar-refractivity contribution in [2.24, 2.45) is 11.7 Å². The normalized spacial score (nSPS) is 19.2. The topological polar surface area (TPSA) is 72.1 Å². The molecule has 0 radical (unpaired) electrons. The van der Waals surface area contributed by atoms with Crippen LogP contribution in [0.1, 0.15) is 12.8 Å². The molecule has 1 fully saturated rings. The van der Waals surface area contributed by atoms with Gasteiger partial charge in [-0.25, -0.2) is 9.97 Å².